The van der Waals surface area contributed by atoms with Crippen LogP contribution in [0, 0.1) is 36.9 Å². The van der Waals surface area contributed by atoms with Crippen molar-refractivity contribution in [2.24, 2.45) is 11.8 Å². The molecule has 0 radical (unpaired) electrons. The van der Waals surface area contributed by atoms with E-state index in [1.54, 1.807) is 48.5 Å². The van der Waals surface area contributed by atoms with E-state index in [9.17, 15) is 18.5 Å². The van der Waals surface area contributed by atoms with Gasteiger partial charge in [0.15, 0.2) is 9.84 Å². The van der Waals surface area contributed by atoms with Gasteiger partial charge in [0.2, 0.25) is 5.91 Å². The molecule has 4 rings (SSSR count). The topological polar surface area (TPSA) is 78.2 Å². The summed E-state index contributed by atoms with van der Waals surface area (Å²) in [5.74, 6) is -0.798. The highest BCUT2D eigenvalue weighted by molar-refractivity contribution is 7.92. The molecule has 2 fully saturated rings. The molecule has 0 bridgehead atoms. The molecule has 2 aliphatic rings. The number of carbonyl (C=O) groups is 1. The van der Waals surface area contributed by atoms with Crippen LogP contribution in [0.5, 0.6) is 0 Å². The Morgan fingerprint density at radius 3 is 2.26 bits per heavy atom. The summed E-state index contributed by atoms with van der Waals surface area (Å²) in [5, 5.41) is 8.57. The van der Waals surface area contributed by atoms with E-state index in [4.69, 9.17) is 4.11 Å². The lowest BCUT2D eigenvalue weighted by molar-refractivity contribution is -0.139. The maximum atomic E-state index is 14.1. The van der Waals surface area contributed by atoms with Crippen LogP contribution >= 0.6 is 0 Å². The van der Waals surface area contributed by atoms with E-state index in [0.717, 1.165) is 11.1 Å². The molecule has 34 heavy (non-hydrogen) atoms. The largest absolute Gasteiger partial charge is 0.335 e. The first-order chi connectivity index (χ1) is 17.5. The van der Waals surface area contributed by atoms with Gasteiger partial charge in [0.25, 0.3) is 0 Å². The van der Waals surface area contributed by atoms with E-state index in [1.807, 2.05) is 11.8 Å². The Morgan fingerprint density at radius 1 is 1.00 bits per heavy atom. The Bertz CT molecular complexity index is 1240. The number of hydrogen-bond acceptors (Lipinski definition) is 4. The number of nitriles is 1. The quantitative estimate of drug-likeness (QED) is 0.557. The van der Waals surface area contributed by atoms with Crippen LogP contribution in [0.2, 0.25) is 0 Å². The summed E-state index contributed by atoms with van der Waals surface area (Å²) in [6, 6.07) is 15.7. The van der Waals surface area contributed by atoms with Crippen molar-refractivity contribution in [1.82, 2.24) is 4.90 Å². The van der Waals surface area contributed by atoms with E-state index >= 15 is 0 Å². The van der Waals surface area contributed by atoms with Gasteiger partial charge in [-0.2, -0.15) is 5.26 Å². The molecule has 0 aliphatic heterocycles. The van der Waals surface area contributed by atoms with Crippen molar-refractivity contribution in [3.8, 4) is 6.07 Å². The zero-order valence-electron chi connectivity index (χ0n) is 22.6. The lowest BCUT2D eigenvalue weighted by atomic mass is 9.85. The molecule has 2 aliphatic carbocycles. The van der Waals surface area contributed by atoms with Gasteiger partial charge in [-0.1, -0.05) is 53.9 Å². The number of nitrogens with zero attached hydrogens (tertiary/aromatic N) is 2. The van der Waals surface area contributed by atoms with Crippen LogP contribution < -0.4 is 0 Å². The zero-order chi connectivity index (χ0) is 26.8. The van der Waals surface area contributed by atoms with Crippen molar-refractivity contribution >= 4 is 15.7 Å². The Kier molecular flexibility index (Phi) is 6.28. The minimum absolute atomic E-state index is 0.0204. The summed E-state index contributed by atoms with van der Waals surface area (Å²) in [5.41, 5.74) is 2.02. The first-order valence-electron chi connectivity index (χ1n) is 13.6. The average Bonchev–Trinajstić information content (AvgIpc) is 3.38. The Hall–Kier alpha value is -2.65. The number of amides is 1. The van der Waals surface area contributed by atoms with Crippen molar-refractivity contribution in [2.75, 3.05) is 0 Å². The van der Waals surface area contributed by atoms with Gasteiger partial charge >= 0.3 is 0 Å². The summed E-state index contributed by atoms with van der Waals surface area (Å²) in [6.07, 6.45) is 4.45. The molecule has 180 valence electrons. The van der Waals surface area contributed by atoms with E-state index in [1.165, 1.54) is 0 Å². The summed E-state index contributed by atoms with van der Waals surface area (Å²) in [4.78, 5) is 16.1. The fourth-order valence-electron chi connectivity index (χ4n) is 5.41. The summed E-state index contributed by atoms with van der Waals surface area (Å²) in [6.45, 7) is -0.0111. The van der Waals surface area contributed by atoms with Gasteiger partial charge in [-0.25, -0.2) is 8.42 Å². The number of rotatable bonds is 6. The van der Waals surface area contributed by atoms with Gasteiger partial charge in [0.05, 0.1) is 22.1 Å². The Labute approximate surface area is 207 Å². The van der Waals surface area contributed by atoms with E-state index < -0.39 is 27.9 Å². The second-order valence-electron chi connectivity index (χ2n) is 9.73. The van der Waals surface area contributed by atoms with Crippen molar-refractivity contribution in [3.63, 3.8) is 0 Å². The third-order valence-electron chi connectivity index (χ3n) is 7.43. The van der Waals surface area contributed by atoms with Gasteiger partial charge in [0, 0.05) is 22.6 Å². The van der Waals surface area contributed by atoms with Gasteiger partial charge in [-0.15, -0.1) is 0 Å². The van der Waals surface area contributed by atoms with Crippen molar-refractivity contribution < 1.29 is 17.3 Å². The number of aryl methyl sites for hydroxylation is 2. The maximum Gasteiger partial charge on any atom is 0.227 e. The molecule has 1 amide bonds. The maximum absolute atomic E-state index is 14.1. The molecule has 2 atom stereocenters. The van der Waals surface area contributed by atoms with Crippen LogP contribution in [0.15, 0.2) is 53.4 Å². The molecule has 6 heteroatoms. The predicted molar refractivity (Wildman–Crippen MR) is 133 cm³/mol. The molecule has 0 saturated heterocycles. The van der Waals surface area contributed by atoms with E-state index in [-0.39, 0.29) is 34.9 Å². The third-order valence-corrected chi connectivity index (χ3v) is 9.72. The van der Waals surface area contributed by atoms with Gasteiger partial charge in [0.1, 0.15) is 0 Å². The highest BCUT2D eigenvalue weighted by Gasteiger charge is 2.45. The zero-order valence-corrected chi connectivity index (χ0v) is 20.4. The van der Waals surface area contributed by atoms with Gasteiger partial charge in [-0.3, -0.25) is 4.79 Å². The standard InChI is InChI=1S/C28H34N2O3S/c1-20-6-10-23(11-7-20)19-30(24-14-12-22(18-29)13-15-24)28(31)26-4-3-5-27(26)34(32,33)25-16-8-21(2)9-17-25/h6-11,16-17,22,24,26-27H,3-5,12-15,19H2,1-2H3/t22?,24?,26-,27-/m1/s1/i1D3. The summed E-state index contributed by atoms with van der Waals surface area (Å²) in [7, 11) is -3.67. The Morgan fingerprint density at radius 2 is 1.65 bits per heavy atom. The fourth-order valence-corrected chi connectivity index (χ4v) is 7.43. The lowest BCUT2D eigenvalue weighted by Crippen LogP contribution is -2.47. The van der Waals surface area contributed by atoms with E-state index in [0.29, 0.717) is 44.9 Å². The molecule has 0 unspecified atom stereocenters. The molecule has 0 heterocycles. The lowest BCUT2D eigenvalue weighted by Gasteiger charge is -2.38. The van der Waals surface area contributed by atoms with Crippen LogP contribution in [0.4, 0.5) is 0 Å². The molecule has 0 spiro atoms. The minimum Gasteiger partial charge on any atom is -0.335 e. The second-order valence-corrected chi connectivity index (χ2v) is 11.9. The second kappa shape index (κ2) is 10.3. The fraction of sp³-hybridized carbons (Fsp3) is 0.500. The smallest absolute Gasteiger partial charge is 0.227 e. The molecule has 2 aromatic carbocycles. The minimum atomic E-state index is -3.67. The van der Waals surface area contributed by atoms with Crippen LogP contribution in [-0.4, -0.2) is 30.5 Å². The normalized spacial score (nSPS) is 26.6. The molecule has 2 saturated carbocycles. The van der Waals surface area contributed by atoms with Crippen LogP contribution in [0.25, 0.3) is 0 Å². The molecule has 5 nitrogen and oxygen atoms in total. The third kappa shape index (κ3) is 5.20. The average molecular weight is 482 g/mol. The van der Waals surface area contributed by atoms with Gasteiger partial charge < -0.3 is 4.90 Å². The molecule has 0 N–H and O–H groups in total. The highest BCUT2D eigenvalue weighted by atomic mass is 32.2. The number of hydrogen-bond donors (Lipinski definition) is 0. The monoisotopic (exact) mass is 481 g/mol. The first-order valence-corrected chi connectivity index (χ1v) is 13.7. The van der Waals surface area contributed by atoms with Crippen molar-refractivity contribution in [3.05, 3.63) is 65.2 Å². The van der Waals surface area contributed by atoms with E-state index in [2.05, 4.69) is 6.07 Å². The SMILES string of the molecule is [2H]C([2H])([2H])c1ccc(CN(C(=O)[C@@H]2CCC[C@H]2S(=O)(=O)c2ccc(C)cc2)C2CCC(C#N)CC2)cc1. The Balaban J connectivity index is 1.61. The van der Waals surface area contributed by atoms with Crippen LogP contribution in [-0.2, 0) is 21.2 Å². The summed E-state index contributed by atoms with van der Waals surface area (Å²) >= 11 is 0. The number of benzene rings is 2. The number of sulfone groups is 1. The molecular weight excluding hydrogens is 444 g/mol. The summed E-state index contributed by atoms with van der Waals surface area (Å²) < 4.78 is 50.0. The highest BCUT2D eigenvalue weighted by Crippen LogP contribution is 2.38. The molecule has 0 aromatic heterocycles. The predicted octanol–water partition coefficient (Wildman–Crippen LogP) is 5.36. The molecular formula is C28H34N2O3S. The van der Waals surface area contributed by atoms with Crippen molar-refractivity contribution in [1.29, 1.82) is 5.26 Å². The van der Waals surface area contributed by atoms with Gasteiger partial charge in [-0.05, 0) is 70.0 Å². The molecule has 2 aromatic rings. The number of carbonyl (C=O) groups excluding carboxylic acids is 1. The van der Waals surface area contributed by atoms with Crippen LogP contribution in [0.3, 0.4) is 0 Å². The first kappa shape index (κ1) is 20.7. The van der Waals surface area contributed by atoms with Crippen molar-refractivity contribution in [2.45, 2.75) is 81.5 Å². The van der Waals surface area contributed by atoms with Crippen LogP contribution in [0.1, 0.15) is 65.7 Å².